The lowest BCUT2D eigenvalue weighted by atomic mass is 10.0. The molecule has 3 heteroatoms. The molecule has 1 fully saturated rings. The Bertz CT molecular complexity index is 394. The van der Waals surface area contributed by atoms with Crippen molar-refractivity contribution in [1.29, 1.82) is 5.26 Å². The fourth-order valence-corrected chi connectivity index (χ4v) is 2.20. The summed E-state index contributed by atoms with van der Waals surface area (Å²) in [6.07, 6.45) is 6.20. The van der Waals surface area contributed by atoms with Gasteiger partial charge in [0, 0.05) is 12.1 Å². The molecule has 0 amide bonds. The minimum Gasteiger partial charge on any atom is -0.332 e. The SMILES string of the molecule is N#Cc1cccn1CC(=O)C1CCCC1. The van der Waals surface area contributed by atoms with Gasteiger partial charge in [-0.1, -0.05) is 12.8 Å². The van der Waals surface area contributed by atoms with Gasteiger partial charge in [0.2, 0.25) is 0 Å². The van der Waals surface area contributed by atoms with Crippen molar-refractivity contribution in [3.8, 4) is 6.07 Å². The second-order valence-corrected chi connectivity index (χ2v) is 4.08. The Hall–Kier alpha value is -1.56. The van der Waals surface area contributed by atoms with Gasteiger partial charge in [-0.15, -0.1) is 0 Å². The van der Waals surface area contributed by atoms with Gasteiger partial charge in [-0.05, 0) is 25.0 Å². The highest BCUT2D eigenvalue weighted by Gasteiger charge is 2.22. The topological polar surface area (TPSA) is 45.8 Å². The molecular formula is C12H14N2O. The molecule has 1 aliphatic rings. The molecule has 1 aliphatic carbocycles. The lowest BCUT2D eigenvalue weighted by Crippen LogP contribution is -2.18. The fourth-order valence-electron chi connectivity index (χ4n) is 2.20. The zero-order valence-corrected chi connectivity index (χ0v) is 8.65. The number of aromatic nitrogens is 1. The van der Waals surface area contributed by atoms with Crippen LogP contribution < -0.4 is 0 Å². The van der Waals surface area contributed by atoms with Crippen LogP contribution in [-0.2, 0) is 11.3 Å². The normalized spacial score (nSPS) is 16.5. The zero-order valence-electron chi connectivity index (χ0n) is 8.65. The Morgan fingerprint density at radius 2 is 2.27 bits per heavy atom. The number of carbonyl (C=O) groups is 1. The van der Waals surface area contributed by atoms with Crippen LogP contribution in [0, 0.1) is 17.2 Å². The molecule has 0 radical (unpaired) electrons. The van der Waals surface area contributed by atoms with Crippen LogP contribution in [0.3, 0.4) is 0 Å². The Labute approximate surface area is 89.3 Å². The van der Waals surface area contributed by atoms with Crippen molar-refractivity contribution in [2.45, 2.75) is 32.2 Å². The van der Waals surface area contributed by atoms with E-state index in [2.05, 4.69) is 6.07 Å². The lowest BCUT2D eigenvalue weighted by molar-refractivity contribution is -0.123. The molecule has 78 valence electrons. The van der Waals surface area contributed by atoms with Crippen LogP contribution in [-0.4, -0.2) is 10.4 Å². The summed E-state index contributed by atoms with van der Waals surface area (Å²) in [5.74, 6) is 0.513. The predicted molar refractivity (Wildman–Crippen MR) is 56.1 cm³/mol. The Morgan fingerprint density at radius 3 is 2.93 bits per heavy atom. The molecule has 0 unspecified atom stereocenters. The largest absolute Gasteiger partial charge is 0.332 e. The minimum atomic E-state index is 0.235. The third kappa shape index (κ3) is 2.10. The van der Waals surface area contributed by atoms with Crippen LogP contribution in [0.5, 0.6) is 0 Å². The van der Waals surface area contributed by atoms with Crippen LogP contribution in [0.4, 0.5) is 0 Å². The molecular weight excluding hydrogens is 188 g/mol. The molecule has 0 N–H and O–H groups in total. The van der Waals surface area contributed by atoms with E-state index in [0.717, 1.165) is 12.8 Å². The van der Waals surface area contributed by atoms with E-state index in [4.69, 9.17) is 5.26 Å². The highest BCUT2D eigenvalue weighted by Crippen LogP contribution is 2.26. The number of carbonyl (C=O) groups excluding carboxylic acids is 1. The molecule has 0 aromatic carbocycles. The summed E-state index contributed by atoms with van der Waals surface area (Å²) in [4.78, 5) is 11.9. The van der Waals surface area contributed by atoms with E-state index in [1.165, 1.54) is 12.8 Å². The van der Waals surface area contributed by atoms with Crippen molar-refractivity contribution in [1.82, 2.24) is 4.57 Å². The first-order valence-corrected chi connectivity index (χ1v) is 5.39. The predicted octanol–water partition coefficient (Wildman–Crippen LogP) is 2.12. The maximum absolute atomic E-state index is 11.9. The Morgan fingerprint density at radius 1 is 1.53 bits per heavy atom. The molecule has 0 saturated heterocycles. The van der Waals surface area contributed by atoms with Crippen molar-refractivity contribution in [2.75, 3.05) is 0 Å². The summed E-state index contributed by atoms with van der Waals surface area (Å²) < 4.78 is 1.74. The lowest BCUT2D eigenvalue weighted by Gasteiger charge is -2.09. The first-order valence-electron chi connectivity index (χ1n) is 5.39. The van der Waals surface area contributed by atoms with E-state index < -0.39 is 0 Å². The standard InChI is InChI=1S/C12H14N2O/c13-8-11-6-3-7-14(11)9-12(15)10-4-1-2-5-10/h3,6-7,10H,1-2,4-5,9H2. The summed E-state index contributed by atoms with van der Waals surface area (Å²) in [6.45, 7) is 0.362. The molecule has 3 nitrogen and oxygen atoms in total. The summed E-state index contributed by atoms with van der Waals surface area (Å²) in [6, 6.07) is 5.63. The third-order valence-corrected chi connectivity index (χ3v) is 3.08. The van der Waals surface area contributed by atoms with Gasteiger partial charge in [0.05, 0.1) is 6.54 Å². The van der Waals surface area contributed by atoms with Gasteiger partial charge in [-0.2, -0.15) is 5.26 Å². The highest BCUT2D eigenvalue weighted by molar-refractivity contribution is 5.81. The molecule has 1 saturated carbocycles. The average molecular weight is 202 g/mol. The van der Waals surface area contributed by atoms with E-state index in [1.54, 1.807) is 22.9 Å². The smallest absolute Gasteiger partial charge is 0.155 e. The minimum absolute atomic E-state index is 0.235. The van der Waals surface area contributed by atoms with E-state index >= 15 is 0 Å². The van der Waals surface area contributed by atoms with Gasteiger partial charge >= 0.3 is 0 Å². The van der Waals surface area contributed by atoms with Crippen LogP contribution in [0.15, 0.2) is 18.3 Å². The molecule has 0 atom stereocenters. The number of rotatable bonds is 3. The number of nitriles is 1. The van der Waals surface area contributed by atoms with Crippen molar-refractivity contribution in [2.24, 2.45) is 5.92 Å². The fraction of sp³-hybridized carbons (Fsp3) is 0.500. The van der Waals surface area contributed by atoms with Gasteiger partial charge in [0.1, 0.15) is 11.8 Å². The molecule has 15 heavy (non-hydrogen) atoms. The summed E-state index contributed by atoms with van der Waals surface area (Å²) in [5, 5.41) is 8.80. The second-order valence-electron chi connectivity index (χ2n) is 4.08. The monoisotopic (exact) mass is 202 g/mol. The summed E-state index contributed by atoms with van der Waals surface area (Å²) >= 11 is 0. The van der Waals surface area contributed by atoms with Crippen molar-refractivity contribution < 1.29 is 4.79 Å². The molecule has 0 spiro atoms. The molecule has 0 bridgehead atoms. The van der Waals surface area contributed by atoms with Gasteiger partial charge < -0.3 is 4.57 Å². The summed E-state index contributed by atoms with van der Waals surface area (Å²) in [7, 11) is 0. The molecule has 1 aromatic rings. The first-order chi connectivity index (χ1) is 7.31. The van der Waals surface area contributed by atoms with E-state index in [-0.39, 0.29) is 11.7 Å². The van der Waals surface area contributed by atoms with E-state index in [1.807, 2.05) is 0 Å². The van der Waals surface area contributed by atoms with Crippen LogP contribution in [0.1, 0.15) is 31.4 Å². The molecule has 0 aliphatic heterocycles. The van der Waals surface area contributed by atoms with Gasteiger partial charge in [-0.25, -0.2) is 0 Å². The van der Waals surface area contributed by atoms with E-state index in [0.29, 0.717) is 12.2 Å². The maximum Gasteiger partial charge on any atom is 0.155 e. The van der Waals surface area contributed by atoms with Crippen LogP contribution >= 0.6 is 0 Å². The van der Waals surface area contributed by atoms with E-state index in [9.17, 15) is 4.79 Å². The zero-order chi connectivity index (χ0) is 10.7. The number of nitrogens with zero attached hydrogens (tertiary/aromatic N) is 2. The number of hydrogen-bond acceptors (Lipinski definition) is 2. The third-order valence-electron chi connectivity index (χ3n) is 3.08. The summed E-state index contributed by atoms with van der Waals surface area (Å²) in [5.41, 5.74) is 0.571. The number of Topliss-reactive ketones (excluding diaryl/α,β-unsaturated/α-hetero) is 1. The van der Waals surface area contributed by atoms with Gasteiger partial charge in [0.25, 0.3) is 0 Å². The Balaban J connectivity index is 2.02. The van der Waals surface area contributed by atoms with Crippen molar-refractivity contribution >= 4 is 5.78 Å². The number of hydrogen-bond donors (Lipinski definition) is 0. The number of ketones is 1. The van der Waals surface area contributed by atoms with Gasteiger partial charge in [0.15, 0.2) is 5.78 Å². The van der Waals surface area contributed by atoms with Crippen LogP contribution in [0.25, 0.3) is 0 Å². The Kier molecular flexibility index (Phi) is 2.86. The quantitative estimate of drug-likeness (QED) is 0.753. The first kappa shape index (κ1) is 9.97. The molecule has 1 heterocycles. The van der Waals surface area contributed by atoms with Crippen molar-refractivity contribution in [3.63, 3.8) is 0 Å². The van der Waals surface area contributed by atoms with Crippen LogP contribution in [0.2, 0.25) is 0 Å². The van der Waals surface area contributed by atoms with Crippen molar-refractivity contribution in [3.05, 3.63) is 24.0 Å². The second kappa shape index (κ2) is 4.31. The highest BCUT2D eigenvalue weighted by atomic mass is 16.1. The average Bonchev–Trinajstić information content (AvgIpc) is 2.87. The molecule has 1 aromatic heterocycles. The van der Waals surface area contributed by atoms with Gasteiger partial charge in [-0.3, -0.25) is 4.79 Å². The maximum atomic E-state index is 11.9. The molecule has 2 rings (SSSR count).